The highest BCUT2D eigenvalue weighted by Gasteiger charge is 2.18. The van der Waals surface area contributed by atoms with Gasteiger partial charge in [-0.3, -0.25) is 9.69 Å². The Bertz CT molecular complexity index is 422. The van der Waals surface area contributed by atoms with Gasteiger partial charge in [0, 0.05) is 0 Å². The molecule has 0 aliphatic carbocycles. The molecule has 0 aliphatic rings. The van der Waals surface area contributed by atoms with Gasteiger partial charge in [0.1, 0.15) is 5.76 Å². The molecular weight excluding hydrogens is 284 g/mol. The summed E-state index contributed by atoms with van der Waals surface area (Å²) in [6, 6.07) is 3.44. The van der Waals surface area contributed by atoms with Gasteiger partial charge in [-0.25, -0.2) is 0 Å². The van der Waals surface area contributed by atoms with Gasteiger partial charge in [0.2, 0.25) is 5.91 Å². The minimum atomic E-state index is -0.257. The minimum Gasteiger partial charge on any atom is -0.453 e. The van der Waals surface area contributed by atoms with E-state index in [4.69, 9.17) is 10.8 Å². The molecule has 0 radical (unpaired) electrons. The normalized spacial score (nSPS) is 12.2. The number of nitrogens with zero attached hydrogens (tertiary/aromatic N) is 1. The van der Waals surface area contributed by atoms with E-state index in [1.165, 1.54) is 0 Å². The topological polar surface area (TPSA) is 45.5 Å². The lowest BCUT2D eigenvalue weighted by Crippen LogP contribution is -2.42. The molecule has 1 aromatic heterocycles. The van der Waals surface area contributed by atoms with Crippen LogP contribution in [0.3, 0.4) is 0 Å². The smallest absolute Gasteiger partial charge is 0.237 e. The first kappa shape index (κ1) is 13.8. The molecule has 0 spiro atoms. The lowest BCUT2D eigenvalue weighted by Gasteiger charge is -2.22. The van der Waals surface area contributed by atoms with Crippen molar-refractivity contribution in [1.29, 1.82) is 0 Å². The summed E-state index contributed by atoms with van der Waals surface area (Å²) in [7, 11) is 1.86. The van der Waals surface area contributed by atoms with Gasteiger partial charge in [0.05, 0.1) is 19.1 Å². The lowest BCUT2D eigenvalue weighted by molar-refractivity contribution is -0.125. The van der Waals surface area contributed by atoms with Gasteiger partial charge in [0.15, 0.2) is 4.67 Å². The predicted molar refractivity (Wildman–Crippen MR) is 69.2 cm³/mol. The van der Waals surface area contributed by atoms with Crippen LogP contribution in [0.5, 0.6) is 0 Å². The van der Waals surface area contributed by atoms with Gasteiger partial charge in [-0.1, -0.05) is 5.92 Å². The molecule has 1 N–H and O–H groups in total. The summed E-state index contributed by atoms with van der Waals surface area (Å²) in [6.45, 7) is 2.64. The number of rotatable bonds is 5. The maximum Gasteiger partial charge on any atom is 0.237 e. The Kier molecular flexibility index (Phi) is 5.26. The molecule has 0 unspecified atom stereocenters. The van der Waals surface area contributed by atoms with Crippen LogP contribution < -0.4 is 5.32 Å². The SMILES string of the molecule is C#CCNC(=O)[C@@H](C)N(C)Cc1ccc(Br)o1. The average molecular weight is 299 g/mol. The van der Waals surface area contributed by atoms with Crippen molar-refractivity contribution in [1.82, 2.24) is 10.2 Å². The molecule has 0 saturated heterocycles. The zero-order valence-corrected chi connectivity index (χ0v) is 11.5. The number of halogens is 1. The van der Waals surface area contributed by atoms with Crippen LogP contribution in [0.1, 0.15) is 12.7 Å². The maximum absolute atomic E-state index is 11.7. The number of carbonyl (C=O) groups excluding carboxylic acids is 1. The maximum atomic E-state index is 11.7. The van der Waals surface area contributed by atoms with Crippen molar-refractivity contribution in [2.75, 3.05) is 13.6 Å². The Labute approximate surface area is 109 Å². The summed E-state index contributed by atoms with van der Waals surface area (Å²) in [4.78, 5) is 13.5. The Balaban J connectivity index is 2.49. The third kappa shape index (κ3) is 4.25. The molecule has 1 amide bonds. The van der Waals surface area contributed by atoms with Crippen molar-refractivity contribution in [3.05, 3.63) is 22.6 Å². The second-order valence-corrected chi connectivity index (χ2v) is 4.50. The third-order valence-corrected chi connectivity index (χ3v) is 2.87. The summed E-state index contributed by atoms with van der Waals surface area (Å²) >= 11 is 3.24. The van der Waals surface area contributed by atoms with E-state index in [2.05, 4.69) is 27.2 Å². The molecule has 92 valence electrons. The lowest BCUT2D eigenvalue weighted by atomic mass is 10.2. The van der Waals surface area contributed by atoms with E-state index < -0.39 is 0 Å². The number of likely N-dealkylation sites (N-methyl/N-ethyl adjacent to an activating group) is 1. The first-order valence-corrected chi connectivity index (χ1v) is 5.99. The highest BCUT2D eigenvalue weighted by atomic mass is 79.9. The first-order chi connectivity index (χ1) is 8.04. The fourth-order valence-corrected chi connectivity index (χ4v) is 1.65. The number of furan rings is 1. The van der Waals surface area contributed by atoms with Crippen molar-refractivity contribution < 1.29 is 9.21 Å². The molecule has 0 bridgehead atoms. The van der Waals surface area contributed by atoms with Gasteiger partial charge in [-0.15, -0.1) is 6.42 Å². The summed E-state index contributed by atoms with van der Waals surface area (Å²) < 4.78 is 6.06. The van der Waals surface area contributed by atoms with Crippen LogP contribution in [0.25, 0.3) is 0 Å². The van der Waals surface area contributed by atoms with Crippen molar-refractivity contribution in [3.63, 3.8) is 0 Å². The predicted octanol–water partition coefficient (Wildman–Crippen LogP) is 1.61. The third-order valence-electron chi connectivity index (χ3n) is 2.44. The number of amides is 1. The van der Waals surface area contributed by atoms with Crippen molar-refractivity contribution >= 4 is 21.8 Å². The molecule has 1 rings (SSSR count). The summed E-state index contributed by atoms with van der Waals surface area (Å²) in [5, 5.41) is 2.65. The Morgan fingerprint density at radius 3 is 2.94 bits per heavy atom. The highest BCUT2D eigenvalue weighted by Crippen LogP contribution is 2.15. The molecule has 17 heavy (non-hydrogen) atoms. The zero-order chi connectivity index (χ0) is 12.8. The molecule has 5 heteroatoms. The van der Waals surface area contributed by atoms with Crippen LogP contribution in [0.2, 0.25) is 0 Å². The van der Waals surface area contributed by atoms with Crippen LogP contribution >= 0.6 is 15.9 Å². The monoisotopic (exact) mass is 298 g/mol. The van der Waals surface area contributed by atoms with Gasteiger partial charge in [-0.05, 0) is 42.0 Å². The van der Waals surface area contributed by atoms with E-state index in [-0.39, 0.29) is 18.5 Å². The molecule has 4 nitrogen and oxygen atoms in total. The molecule has 0 aliphatic heterocycles. The minimum absolute atomic E-state index is 0.0870. The average Bonchev–Trinajstić information content (AvgIpc) is 2.70. The molecular formula is C12H15BrN2O2. The Morgan fingerprint density at radius 1 is 1.71 bits per heavy atom. The van der Waals surface area contributed by atoms with E-state index in [0.717, 1.165) is 5.76 Å². The fourth-order valence-electron chi connectivity index (χ4n) is 1.31. The molecule has 0 aromatic carbocycles. The standard InChI is InChI=1S/C12H15BrN2O2/c1-4-7-14-12(16)9(2)15(3)8-10-5-6-11(13)17-10/h1,5-6,9H,7-8H2,2-3H3,(H,14,16)/t9-/m1/s1. The molecule has 0 fully saturated rings. The Morgan fingerprint density at radius 2 is 2.41 bits per heavy atom. The summed E-state index contributed by atoms with van der Waals surface area (Å²) in [6.07, 6.45) is 5.08. The van der Waals surface area contributed by atoms with Crippen LogP contribution in [-0.4, -0.2) is 30.4 Å². The van der Waals surface area contributed by atoms with Crippen LogP contribution in [0, 0.1) is 12.3 Å². The second kappa shape index (κ2) is 6.48. The quantitative estimate of drug-likeness (QED) is 0.840. The van der Waals surface area contributed by atoms with Crippen molar-refractivity contribution in [2.24, 2.45) is 0 Å². The summed E-state index contributed by atoms with van der Waals surface area (Å²) in [5.74, 6) is 3.09. The van der Waals surface area contributed by atoms with Crippen molar-refractivity contribution in [3.8, 4) is 12.3 Å². The van der Waals surface area contributed by atoms with E-state index in [9.17, 15) is 4.79 Å². The largest absolute Gasteiger partial charge is 0.453 e. The number of nitrogens with one attached hydrogen (secondary N) is 1. The first-order valence-electron chi connectivity index (χ1n) is 5.20. The van der Waals surface area contributed by atoms with Gasteiger partial charge in [-0.2, -0.15) is 0 Å². The van der Waals surface area contributed by atoms with Gasteiger partial charge < -0.3 is 9.73 Å². The van der Waals surface area contributed by atoms with E-state index in [0.29, 0.717) is 11.2 Å². The van der Waals surface area contributed by atoms with Crippen LogP contribution in [-0.2, 0) is 11.3 Å². The molecule has 1 aromatic rings. The number of terminal acetylenes is 1. The van der Waals surface area contributed by atoms with E-state index in [1.54, 1.807) is 0 Å². The molecule has 0 saturated carbocycles. The van der Waals surface area contributed by atoms with Crippen LogP contribution in [0.4, 0.5) is 0 Å². The van der Waals surface area contributed by atoms with E-state index >= 15 is 0 Å². The Hall–Kier alpha value is -1.25. The van der Waals surface area contributed by atoms with E-state index in [1.807, 2.05) is 31.0 Å². The second-order valence-electron chi connectivity index (χ2n) is 3.72. The number of carbonyl (C=O) groups is 1. The van der Waals surface area contributed by atoms with Crippen molar-refractivity contribution in [2.45, 2.75) is 19.5 Å². The number of hydrogen-bond donors (Lipinski definition) is 1. The zero-order valence-electron chi connectivity index (χ0n) is 9.87. The highest BCUT2D eigenvalue weighted by molar-refractivity contribution is 9.10. The molecule has 1 heterocycles. The molecule has 1 atom stereocenters. The fraction of sp³-hybridized carbons (Fsp3) is 0.417. The van der Waals surface area contributed by atoms with Gasteiger partial charge >= 0.3 is 0 Å². The summed E-state index contributed by atoms with van der Waals surface area (Å²) in [5.41, 5.74) is 0. The number of hydrogen-bond acceptors (Lipinski definition) is 3. The van der Waals surface area contributed by atoms with Gasteiger partial charge in [0.25, 0.3) is 0 Å². The van der Waals surface area contributed by atoms with Crippen LogP contribution in [0.15, 0.2) is 21.2 Å².